The SMILES string of the molecule is Cl.NC1C2CCC(C2)C1C(=O)Nc1cccc(NS(=O)(=O)c2ccccc2)c1. The van der Waals surface area contributed by atoms with Gasteiger partial charge in [-0.1, -0.05) is 24.3 Å². The number of hydrogen-bond acceptors (Lipinski definition) is 4. The molecule has 0 aliphatic heterocycles. The Bertz CT molecular complexity index is 950. The Kier molecular flexibility index (Phi) is 5.98. The van der Waals surface area contributed by atoms with Gasteiger partial charge in [-0.05, 0) is 61.4 Å². The van der Waals surface area contributed by atoms with E-state index in [1.54, 1.807) is 42.5 Å². The van der Waals surface area contributed by atoms with E-state index < -0.39 is 10.0 Å². The largest absolute Gasteiger partial charge is 0.327 e. The molecule has 2 aromatic rings. The number of nitrogens with one attached hydrogen (secondary N) is 2. The average molecular weight is 422 g/mol. The van der Waals surface area contributed by atoms with Gasteiger partial charge in [-0.25, -0.2) is 8.42 Å². The number of hydrogen-bond donors (Lipinski definition) is 3. The van der Waals surface area contributed by atoms with E-state index in [1.165, 1.54) is 12.1 Å². The summed E-state index contributed by atoms with van der Waals surface area (Å²) in [5, 5.41) is 2.91. The van der Waals surface area contributed by atoms with Crippen LogP contribution in [0.2, 0.25) is 0 Å². The second-order valence-electron chi connectivity index (χ2n) is 7.42. The van der Waals surface area contributed by atoms with Crippen molar-refractivity contribution < 1.29 is 13.2 Å². The van der Waals surface area contributed by atoms with Crippen LogP contribution in [0.1, 0.15) is 19.3 Å². The van der Waals surface area contributed by atoms with Gasteiger partial charge in [-0.3, -0.25) is 9.52 Å². The lowest BCUT2D eigenvalue weighted by molar-refractivity contribution is -0.121. The lowest BCUT2D eigenvalue weighted by Gasteiger charge is -2.27. The quantitative estimate of drug-likeness (QED) is 0.689. The molecule has 0 heterocycles. The smallest absolute Gasteiger partial charge is 0.261 e. The normalized spacial score (nSPS) is 25.8. The average Bonchev–Trinajstić information content (AvgIpc) is 3.23. The molecule has 28 heavy (non-hydrogen) atoms. The molecule has 0 aromatic heterocycles. The molecule has 2 bridgehead atoms. The van der Waals surface area contributed by atoms with Gasteiger partial charge in [0.25, 0.3) is 10.0 Å². The van der Waals surface area contributed by atoms with Gasteiger partial charge in [0.05, 0.1) is 16.5 Å². The van der Waals surface area contributed by atoms with E-state index in [1.807, 2.05) is 0 Å². The highest BCUT2D eigenvalue weighted by Crippen LogP contribution is 2.47. The van der Waals surface area contributed by atoms with E-state index in [2.05, 4.69) is 10.0 Å². The first-order valence-corrected chi connectivity index (χ1v) is 10.7. The van der Waals surface area contributed by atoms with Gasteiger partial charge < -0.3 is 11.1 Å². The van der Waals surface area contributed by atoms with Crippen molar-refractivity contribution in [3.8, 4) is 0 Å². The fourth-order valence-corrected chi connectivity index (χ4v) is 5.50. The Morgan fingerprint density at radius 1 is 0.964 bits per heavy atom. The predicted molar refractivity (Wildman–Crippen MR) is 112 cm³/mol. The van der Waals surface area contributed by atoms with Crippen LogP contribution >= 0.6 is 12.4 Å². The highest BCUT2D eigenvalue weighted by atomic mass is 35.5. The van der Waals surface area contributed by atoms with Crippen molar-refractivity contribution in [3.63, 3.8) is 0 Å². The monoisotopic (exact) mass is 421 g/mol. The van der Waals surface area contributed by atoms with Crippen LogP contribution in [0, 0.1) is 17.8 Å². The van der Waals surface area contributed by atoms with Gasteiger partial charge in [0.15, 0.2) is 0 Å². The van der Waals surface area contributed by atoms with E-state index in [0.29, 0.717) is 23.2 Å². The second-order valence-corrected chi connectivity index (χ2v) is 9.11. The van der Waals surface area contributed by atoms with Crippen molar-refractivity contribution in [2.75, 3.05) is 10.0 Å². The fourth-order valence-electron chi connectivity index (χ4n) is 4.42. The van der Waals surface area contributed by atoms with Crippen molar-refractivity contribution in [1.29, 1.82) is 0 Å². The molecule has 2 saturated carbocycles. The van der Waals surface area contributed by atoms with Gasteiger partial charge >= 0.3 is 0 Å². The van der Waals surface area contributed by atoms with Gasteiger partial charge in [0, 0.05) is 11.7 Å². The molecule has 0 saturated heterocycles. The number of fused-ring (bicyclic) bond motifs is 2. The Labute approximate surface area is 171 Å². The van der Waals surface area contributed by atoms with Crippen LogP contribution < -0.4 is 15.8 Å². The molecule has 2 aliphatic rings. The second kappa shape index (κ2) is 8.11. The Hall–Kier alpha value is -2.09. The number of benzene rings is 2. The third kappa shape index (κ3) is 4.01. The first-order chi connectivity index (χ1) is 12.9. The molecule has 4 N–H and O–H groups in total. The molecule has 2 fully saturated rings. The summed E-state index contributed by atoms with van der Waals surface area (Å²) in [4.78, 5) is 12.9. The maximum atomic E-state index is 12.7. The summed E-state index contributed by atoms with van der Waals surface area (Å²) in [6, 6.07) is 14.8. The molecule has 4 atom stereocenters. The topological polar surface area (TPSA) is 101 Å². The third-order valence-corrected chi connectivity index (χ3v) is 7.12. The highest BCUT2D eigenvalue weighted by molar-refractivity contribution is 7.92. The summed E-state index contributed by atoms with van der Waals surface area (Å²) in [7, 11) is -3.67. The molecule has 6 nitrogen and oxygen atoms in total. The molecular weight excluding hydrogens is 398 g/mol. The minimum absolute atomic E-state index is 0. The third-order valence-electron chi connectivity index (χ3n) is 5.72. The van der Waals surface area contributed by atoms with Crippen LogP contribution in [-0.4, -0.2) is 20.4 Å². The molecule has 1 amide bonds. The molecule has 0 spiro atoms. The van der Waals surface area contributed by atoms with Crippen molar-refractivity contribution >= 4 is 39.7 Å². The van der Waals surface area contributed by atoms with Crippen LogP contribution in [0.25, 0.3) is 0 Å². The van der Waals surface area contributed by atoms with Gasteiger partial charge in [0.1, 0.15) is 0 Å². The summed E-state index contributed by atoms with van der Waals surface area (Å²) in [6.07, 6.45) is 3.22. The van der Waals surface area contributed by atoms with E-state index in [0.717, 1.165) is 19.3 Å². The summed E-state index contributed by atoms with van der Waals surface area (Å²) in [5.41, 5.74) is 7.20. The first kappa shape index (κ1) is 20.6. The minimum atomic E-state index is -3.67. The summed E-state index contributed by atoms with van der Waals surface area (Å²) < 4.78 is 27.5. The van der Waals surface area contributed by atoms with Gasteiger partial charge in [-0.15, -0.1) is 12.4 Å². The van der Waals surface area contributed by atoms with E-state index >= 15 is 0 Å². The van der Waals surface area contributed by atoms with E-state index in [9.17, 15) is 13.2 Å². The van der Waals surface area contributed by atoms with Crippen LogP contribution in [0.5, 0.6) is 0 Å². The number of carbonyl (C=O) groups is 1. The highest BCUT2D eigenvalue weighted by Gasteiger charge is 2.49. The number of rotatable bonds is 5. The van der Waals surface area contributed by atoms with Crippen LogP contribution in [-0.2, 0) is 14.8 Å². The van der Waals surface area contributed by atoms with Crippen molar-refractivity contribution in [2.24, 2.45) is 23.5 Å². The molecule has 4 unspecified atom stereocenters. The number of nitrogens with two attached hydrogens (primary N) is 1. The lowest BCUT2D eigenvalue weighted by atomic mass is 9.84. The van der Waals surface area contributed by atoms with Crippen LogP contribution in [0.4, 0.5) is 11.4 Å². The van der Waals surface area contributed by atoms with Crippen molar-refractivity contribution in [2.45, 2.75) is 30.2 Å². The van der Waals surface area contributed by atoms with Crippen LogP contribution in [0.3, 0.4) is 0 Å². The maximum Gasteiger partial charge on any atom is 0.261 e. The maximum absolute atomic E-state index is 12.7. The number of amides is 1. The molecule has 0 radical (unpaired) electrons. The zero-order chi connectivity index (χ0) is 19.0. The first-order valence-electron chi connectivity index (χ1n) is 9.18. The molecule has 2 aromatic carbocycles. The zero-order valence-corrected chi connectivity index (χ0v) is 16.9. The summed E-state index contributed by atoms with van der Waals surface area (Å²) in [6.45, 7) is 0. The molecule has 150 valence electrons. The summed E-state index contributed by atoms with van der Waals surface area (Å²) >= 11 is 0. The predicted octanol–water partition coefficient (Wildman–Crippen LogP) is 3.22. The Morgan fingerprint density at radius 3 is 2.32 bits per heavy atom. The number of halogens is 1. The van der Waals surface area contributed by atoms with Gasteiger partial charge in [0.2, 0.25) is 5.91 Å². The number of sulfonamides is 1. The molecule has 4 rings (SSSR count). The standard InChI is InChI=1S/C20H23N3O3S.ClH/c21-19-14-10-9-13(11-14)18(19)20(24)22-15-5-4-6-16(12-15)23-27(25,26)17-7-2-1-3-8-17;/h1-8,12-14,18-19,23H,9-11,21H2,(H,22,24);1H. The number of carbonyl (C=O) groups excluding carboxylic acids is 1. The van der Waals surface area contributed by atoms with Crippen molar-refractivity contribution in [1.82, 2.24) is 0 Å². The van der Waals surface area contributed by atoms with Crippen LogP contribution in [0.15, 0.2) is 59.5 Å². The Morgan fingerprint density at radius 2 is 1.64 bits per heavy atom. The van der Waals surface area contributed by atoms with E-state index in [-0.39, 0.29) is 35.2 Å². The lowest BCUT2D eigenvalue weighted by Crippen LogP contribution is -2.42. The fraction of sp³-hybridized carbons (Fsp3) is 0.350. The molecule has 2 aliphatic carbocycles. The Balaban J connectivity index is 0.00000225. The number of anilines is 2. The molecule has 8 heteroatoms. The van der Waals surface area contributed by atoms with Gasteiger partial charge in [-0.2, -0.15) is 0 Å². The van der Waals surface area contributed by atoms with Crippen molar-refractivity contribution in [3.05, 3.63) is 54.6 Å². The minimum Gasteiger partial charge on any atom is -0.327 e. The molecular formula is C20H24ClN3O3S. The van der Waals surface area contributed by atoms with E-state index in [4.69, 9.17) is 5.73 Å². The summed E-state index contributed by atoms with van der Waals surface area (Å²) in [5.74, 6) is 0.589. The zero-order valence-electron chi connectivity index (χ0n) is 15.2.